The van der Waals surface area contributed by atoms with Crippen LogP contribution >= 0.6 is 0 Å². The first-order valence-electron chi connectivity index (χ1n) is 6.16. The quantitative estimate of drug-likeness (QED) is 0.654. The van der Waals surface area contributed by atoms with E-state index in [1.54, 1.807) is 0 Å². The van der Waals surface area contributed by atoms with Crippen molar-refractivity contribution in [1.29, 1.82) is 0 Å². The van der Waals surface area contributed by atoms with Crippen molar-refractivity contribution in [3.05, 3.63) is 0 Å². The summed E-state index contributed by atoms with van der Waals surface area (Å²) in [5.74, 6) is 0.279. The largest absolute Gasteiger partial charge is 0.379 e. The van der Waals surface area contributed by atoms with Crippen LogP contribution in [0.3, 0.4) is 0 Å². The molecule has 5 heteroatoms. The van der Waals surface area contributed by atoms with Crippen molar-refractivity contribution in [2.24, 2.45) is 0 Å². The SMILES string of the molecule is CCC(=O)N1CCN(N2CCOCC2)CC1. The highest BCUT2D eigenvalue weighted by Gasteiger charge is 2.24. The van der Waals surface area contributed by atoms with Crippen molar-refractivity contribution in [2.45, 2.75) is 13.3 Å². The van der Waals surface area contributed by atoms with E-state index in [0.29, 0.717) is 6.42 Å². The molecular formula is C11H21N3O2. The Labute approximate surface area is 96.9 Å². The molecule has 0 radical (unpaired) electrons. The van der Waals surface area contributed by atoms with Crippen LogP contribution in [0.25, 0.3) is 0 Å². The number of piperazine rings is 1. The van der Waals surface area contributed by atoms with E-state index < -0.39 is 0 Å². The number of nitrogens with zero attached hydrogens (tertiary/aromatic N) is 3. The van der Waals surface area contributed by atoms with Gasteiger partial charge in [0.05, 0.1) is 13.2 Å². The first kappa shape index (κ1) is 11.8. The van der Waals surface area contributed by atoms with Crippen LogP contribution in [-0.2, 0) is 9.53 Å². The summed E-state index contributed by atoms with van der Waals surface area (Å²) in [6.45, 7) is 9.22. The van der Waals surface area contributed by atoms with Gasteiger partial charge in [0.15, 0.2) is 0 Å². The van der Waals surface area contributed by atoms with E-state index in [4.69, 9.17) is 4.74 Å². The van der Waals surface area contributed by atoms with Gasteiger partial charge in [-0.25, -0.2) is 10.0 Å². The molecule has 0 unspecified atom stereocenters. The number of hydrogen-bond donors (Lipinski definition) is 0. The summed E-state index contributed by atoms with van der Waals surface area (Å²) in [6.07, 6.45) is 0.623. The molecular weight excluding hydrogens is 206 g/mol. The van der Waals surface area contributed by atoms with E-state index in [0.717, 1.165) is 52.5 Å². The summed E-state index contributed by atoms with van der Waals surface area (Å²) in [5.41, 5.74) is 0. The maximum Gasteiger partial charge on any atom is 0.222 e. The van der Waals surface area contributed by atoms with E-state index >= 15 is 0 Å². The summed E-state index contributed by atoms with van der Waals surface area (Å²) >= 11 is 0. The number of carbonyl (C=O) groups is 1. The number of hydrazine groups is 1. The van der Waals surface area contributed by atoms with Gasteiger partial charge in [-0.3, -0.25) is 4.79 Å². The lowest BCUT2D eigenvalue weighted by atomic mass is 10.3. The normalized spacial score (nSPS) is 24.7. The van der Waals surface area contributed by atoms with Crippen molar-refractivity contribution in [3.8, 4) is 0 Å². The molecule has 5 nitrogen and oxygen atoms in total. The van der Waals surface area contributed by atoms with E-state index in [1.165, 1.54) is 0 Å². The number of morpholine rings is 1. The molecule has 92 valence electrons. The Kier molecular flexibility index (Phi) is 4.15. The van der Waals surface area contributed by atoms with Gasteiger partial charge in [0, 0.05) is 45.7 Å². The second-order valence-corrected chi connectivity index (χ2v) is 4.25. The zero-order valence-corrected chi connectivity index (χ0v) is 10.0. The van der Waals surface area contributed by atoms with Crippen molar-refractivity contribution >= 4 is 5.91 Å². The van der Waals surface area contributed by atoms with Gasteiger partial charge in [-0.2, -0.15) is 0 Å². The standard InChI is InChI=1S/C11H21N3O2/c1-2-11(15)12-3-5-13(6-4-12)14-7-9-16-10-8-14/h2-10H2,1H3. The number of carbonyl (C=O) groups excluding carboxylic acids is 1. The molecule has 0 aliphatic carbocycles. The Bertz CT molecular complexity index is 233. The molecule has 2 rings (SSSR count). The fourth-order valence-electron chi connectivity index (χ4n) is 2.29. The van der Waals surface area contributed by atoms with Crippen LogP contribution < -0.4 is 0 Å². The Hall–Kier alpha value is -0.650. The Morgan fingerprint density at radius 3 is 2.12 bits per heavy atom. The van der Waals surface area contributed by atoms with Crippen LogP contribution in [0.5, 0.6) is 0 Å². The highest BCUT2D eigenvalue weighted by Crippen LogP contribution is 2.08. The summed E-state index contributed by atoms with van der Waals surface area (Å²) < 4.78 is 5.33. The molecule has 0 N–H and O–H groups in total. The van der Waals surface area contributed by atoms with Gasteiger partial charge in [0.1, 0.15) is 0 Å². The summed E-state index contributed by atoms with van der Waals surface area (Å²) in [5, 5.41) is 4.72. The molecule has 2 fully saturated rings. The van der Waals surface area contributed by atoms with Crippen molar-refractivity contribution in [2.75, 3.05) is 52.5 Å². The molecule has 0 bridgehead atoms. The monoisotopic (exact) mass is 227 g/mol. The Balaban J connectivity index is 1.78. The second-order valence-electron chi connectivity index (χ2n) is 4.25. The first-order valence-corrected chi connectivity index (χ1v) is 6.16. The minimum absolute atomic E-state index is 0.279. The third kappa shape index (κ3) is 2.72. The van der Waals surface area contributed by atoms with Crippen LogP contribution in [0, 0.1) is 0 Å². The molecule has 0 aromatic heterocycles. The molecule has 16 heavy (non-hydrogen) atoms. The third-order valence-corrected chi connectivity index (χ3v) is 3.30. The summed E-state index contributed by atoms with van der Waals surface area (Å²) in [6, 6.07) is 0. The highest BCUT2D eigenvalue weighted by molar-refractivity contribution is 5.75. The van der Waals surface area contributed by atoms with E-state index in [-0.39, 0.29) is 5.91 Å². The van der Waals surface area contributed by atoms with Gasteiger partial charge in [0.25, 0.3) is 0 Å². The van der Waals surface area contributed by atoms with Gasteiger partial charge < -0.3 is 9.64 Å². The topological polar surface area (TPSA) is 36.0 Å². The third-order valence-electron chi connectivity index (χ3n) is 3.30. The Morgan fingerprint density at radius 2 is 1.56 bits per heavy atom. The predicted molar refractivity (Wildman–Crippen MR) is 60.8 cm³/mol. The fraction of sp³-hybridized carbons (Fsp3) is 0.909. The van der Waals surface area contributed by atoms with Gasteiger partial charge in [0.2, 0.25) is 5.91 Å². The van der Waals surface area contributed by atoms with E-state index in [1.807, 2.05) is 11.8 Å². The van der Waals surface area contributed by atoms with Crippen molar-refractivity contribution in [3.63, 3.8) is 0 Å². The molecule has 0 atom stereocenters. The first-order chi connectivity index (χ1) is 7.81. The molecule has 0 spiro atoms. The summed E-state index contributed by atoms with van der Waals surface area (Å²) in [4.78, 5) is 13.5. The molecule has 1 amide bonds. The molecule has 0 saturated carbocycles. The molecule has 2 aliphatic rings. The molecule has 2 saturated heterocycles. The van der Waals surface area contributed by atoms with Crippen LogP contribution in [-0.4, -0.2) is 73.3 Å². The summed E-state index contributed by atoms with van der Waals surface area (Å²) in [7, 11) is 0. The second kappa shape index (κ2) is 5.61. The van der Waals surface area contributed by atoms with Crippen molar-refractivity contribution in [1.82, 2.24) is 14.9 Å². The lowest BCUT2D eigenvalue weighted by molar-refractivity contribution is -0.140. The molecule has 2 heterocycles. The molecule has 0 aromatic carbocycles. The fourth-order valence-corrected chi connectivity index (χ4v) is 2.29. The number of ether oxygens (including phenoxy) is 1. The van der Waals surface area contributed by atoms with E-state index in [2.05, 4.69) is 10.0 Å². The zero-order chi connectivity index (χ0) is 11.4. The van der Waals surface area contributed by atoms with Crippen LogP contribution in [0.15, 0.2) is 0 Å². The maximum atomic E-state index is 11.5. The lowest BCUT2D eigenvalue weighted by Crippen LogP contribution is -2.57. The van der Waals surface area contributed by atoms with Crippen molar-refractivity contribution < 1.29 is 9.53 Å². The Morgan fingerprint density at radius 1 is 1.00 bits per heavy atom. The molecule has 0 aromatic rings. The minimum atomic E-state index is 0.279. The van der Waals surface area contributed by atoms with Gasteiger partial charge >= 0.3 is 0 Å². The molecule has 2 aliphatic heterocycles. The minimum Gasteiger partial charge on any atom is -0.379 e. The van der Waals surface area contributed by atoms with Crippen LogP contribution in [0.2, 0.25) is 0 Å². The van der Waals surface area contributed by atoms with Gasteiger partial charge in [-0.1, -0.05) is 6.92 Å². The number of rotatable bonds is 2. The van der Waals surface area contributed by atoms with E-state index in [9.17, 15) is 4.79 Å². The number of amides is 1. The lowest BCUT2D eigenvalue weighted by Gasteiger charge is -2.42. The average molecular weight is 227 g/mol. The van der Waals surface area contributed by atoms with Gasteiger partial charge in [-0.05, 0) is 0 Å². The smallest absolute Gasteiger partial charge is 0.222 e. The number of hydrogen-bond acceptors (Lipinski definition) is 4. The van der Waals surface area contributed by atoms with Gasteiger partial charge in [-0.15, -0.1) is 0 Å². The zero-order valence-electron chi connectivity index (χ0n) is 10.0. The highest BCUT2D eigenvalue weighted by atomic mass is 16.5. The van der Waals surface area contributed by atoms with Crippen LogP contribution in [0.4, 0.5) is 0 Å². The predicted octanol–water partition coefficient (Wildman–Crippen LogP) is -0.212. The van der Waals surface area contributed by atoms with Crippen LogP contribution in [0.1, 0.15) is 13.3 Å². The maximum absolute atomic E-state index is 11.5. The average Bonchev–Trinajstić information content (AvgIpc) is 2.39.